The smallest absolute Gasteiger partial charge is 0.204 e. The third-order valence-corrected chi connectivity index (χ3v) is 5.72. The van der Waals surface area contributed by atoms with Crippen LogP contribution in [0.3, 0.4) is 0 Å². The Bertz CT molecular complexity index is 1200. The number of carbonyl (C=O) groups excluding carboxylic acids is 1. The number of rotatable bonds is 14. The van der Waals surface area contributed by atoms with Gasteiger partial charge in [-0.2, -0.15) is 0 Å². The van der Waals surface area contributed by atoms with Crippen LogP contribution < -0.4 is 23.7 Å². The van der Waals surface area contributed by atoms with Crippen molar-refractivity contribution < 1.29 is 33.6 Å². The zero-order valence-electron chi connectivity index (χ0n) is 21.8. The molecule has 0 aromatic heterocycles. The van der Waals surface area contributed by atoms with Crippen molar-refractivity contribution in [3.8, 4) is 34.5 Å². The van der Waals surface area contributed by atoms with Crippen molar-refractivity contribution in [2.24, 2.45) is 0 Å². The predicted octanol–water partition coefficient (Wildman–Crippen LogP) is 6.46. The monoisotopic (exact) mass is 506 g/mol. The average Bonchev–Trinajstić information content (AvgIpc) is 2.93. The van der Waals surface area contributed by atoms with E-state index in [4.69, 9.17) is 23.7 Å². The highest BCUT2D eigenvalue weighted by Crippen LogP contribution is 2.46. The Morgan fingerprint density at radius 2 is 1.59 bits per heavy atom. The molecule has 0 saturated heterocycles. The molecule has 0 atom stereocenters. The van der Waals surface area contributed by atoms with E-state index in [1.807, 2.05) is 30.3 Å². The van der Waals surface area contributed by atoms with Crippen LogP contribution in [0.2, 0.25) is 0 Å². The van der Waals surface area contributed by atoms with Gasteiger partial charge in [0.1, 0.15) is 12.4 Å². The summed E-state index contributed by atoms with van der Waals surface area (Å²) in [6.07, 6.45) is 5.81. The number of allylic oxidation sites excluding steroid dienone is 1. The lowest BCUT2D eigenvalue weighted by Gasteiger charge is -2.19. The molecule has 7 heteroatoms. The number of unbranched alkanes of at least 4 members (excludes halogenated alkanes) is 2. The fourth-order valence-corrected chi connectivity index (χ4v) is 3.73. The molecule has 0 saturated carbocycles. The van der Waals surface area contributed by atoms with E-state index < -0.39 is 0 Å². The molecule has 0 heterocycles. The molecule has 0 aliphatic carbocycles. The molecule has 196 valence electrons. The minimum absolute atomic E-state index is 0.0998. The van der Waals surface area contributed by atoms with Crippen LogP contribution in [-0.4, -0.2) is 38.8 Å². The molecule has 0 amide bonds. The molecule has 0 radical (unpaired) electrons. The molecule has 1 N–H and O–H groups in total. The minimum atomic E-state index is -0.280. The molecule has 7 nitrogen and oxygen atoms in total. The fraction of sp³-hybridized carbons (Fsp3) is 0.300. The summed E-state index contributed by atoms with van der Waals surface area (Å²) in [5, 5.41) is 10.9. The highest BCUT2D eigenvalue weighted by Gasteiger charge is 2.21. The first-order chi connectivity index (χ1) is 18.0. The normalized spacial score (nSPS) is 10.8. The van der Waals surface area contributed by atoms with E-state index in [1.165, 1.54) is 39.5 Å². The number of ketones is 1. The summed E-state index contributed by atoms with van der Waals surface area (Å²) in [7, 11) is 4.53. The Morgan fingerprint density at radius 3 is 2.27 bits per heavy atom. The van der Waals surface area contributed by atoms with Crippen molar-refractivity contribution >= 4 is 11.9 Å². The van der Waals surface area contributed by atoms with Gasteiger partial charge in [0, 0.05) is 11.6 Å². The van der Waals surface area contributed by atoms with Gasteiger partial charge in [-0.1, -0.05) is 50.1 Å². The average molecular weight is 507 g/mol. The molecule has 37 heavy (non-hydrogen) atoms. The van der Waals surface area contributed by atoms with Crippen molar-refractivity contribution in [1.29, 1.82) is 0 Å². The number of phenolic OH excluding ortho intramolecular Hbond substituents is 1. The Labute approximate surface area is 218 Å². The Morgan fingerprint density at radius 1 is 0.838 bits per heavy atom. The highest BCUT2D eigenvalue weighted by atomic mass is 16.5. The summed E-state index contributed by atoms with van der Waals surface area (Å²) in [6, 6.07) is 16.1. The second kappa shape index (κ2) is 13.8. The molecule has 0 unspecified atom stereocenters. The van der Waals surface area contributed by atoms with E-state index in [0.717, 1.165) is 24.8 Å². The number of phenols is 1. The fourth-order valence-electron chi connectivity index (χ4n) is 3.73. The van der Waals surface area contributed by atoms with Crippen LogP contribution in [0.25, 0.3) is 6.08 Å². The van der Waals surface area contributed by atoms with Gasteiger partial charge >= 0.3 is 0 Å². The van der Waals surface area contributed by atoms with E-state index in [2.05, 4.69) is 6.92 Å². The van der Waals surface area contributed by atoms with Gasteiger partial charge in [-0.05, 0) is 42.3 Å². The maximum absolute atomic E-state index is 12.9. The van der Waals surface area contributed by atoms with Crippen molar-refractivity contribution in [3.63, 3.8) is 0 Å². The zero-order chi connectivity index (χ0) is 26.6. The number of methoxy groups -OCH3 is 3. The first-order valence-corrected chi connectivity index (χ1v) is 12.2. The second-order valence-electron chi connectivity index (χ2n) is 8.27. The Hall–Kier alpha value is -4.13. The second-order valence-corrected chi connectivity index (χ2v) is 8.27. The van der Waals surface area contributed by atoms with Crippen LogP contribution in [0.1, 0.15) is 47.7 Å². The number of benzene rings is 3. The Balaban J connectivity index is 1.93. The first kappa shape index (κ1) is 27.5. The van der Waals surface area contributed by atoms with Gasteiger partial charge in [-0.25, -0.2) is 0 Å². The third kappa shape index (κ3) is 7.19. The number of aromatic hydroxyl groups is 1. The zero-order valence-corrected chi connectivity index (χ0v) is 21.8. The van der Waals surface area contributed by atoms with E-state index in [0.29, 0.717) is 47.3 Å². The van der Waals surface area contributed by atoms with E-state index >= 15 is 0 Å². The summed E-state index contributed by atoms with van der Waals surface area (Å²) < 4.78 is 28.3. The maximum atomic E-state index is 12.9. The van der Waals surface area contributed by atoms with Crippen molar-refractivity contribution in [1.82, 2.24) is 0 Å². The van der Waals surface area contributed by atoms with Gasteiger partial charge in [0.05, 0.1) is 33.5 Å². The predicted molar refractivity (Wildman–Crippen MR) is 143 cm³/mol. The van der Waals surface area contributed by atoms with Crippen molar-refractivity contribution in [3.05, 3.63) is 77.4 Å². The Kier molecular flexibility index (Phi) is 10.3. The van der Waals surface area contributed by atoms with Crippen LogP contribution in [0.5, 0.6) is 34.5 Å². The minimum Gasteiger partial charge on any atom is -0.507 e. The highest BCUT2D eigenvalue weighted by molar-refractivity contribution is 6.07. The van der Waals surface area contributed by atoms with Crippen LogP contribution in [-0.2, 0) is 6.61 Å². The first-order valence-electron chi connectivity index (χ1n) is 12.2. The van der Waals surface area contributed by atoms with Crippen LogP contribution >= 0.6 is 0 Å². The summed E-state index contributed by atoms with van der Waals surface area (Å²) >= 11 is 0. The van der Waals surface area contributed by atoms with E-state index in [-0.39, 0.29) is 17.3 Å². The van der Waals surface area contributed by atoms with Gasteiger partial charge in [-0.15, -0.1) is 0 Å². The lowest BCUT2D eigenvalue weighted by atomic mass is 10.1. The van der Waals surface area contributed by atoms with Gasteiger partial charge in [0.2, 0.25) is 5.75 Å². The molecule has 0 fully saturated rings. The lowest BCUT2D eigenvalue weighted by Crippen LogP contribution is -2.05. The number of ether oxygens (including phenoxy) is 5. The van der Waals surface area contributed by atoms with E-state index in [9.17, 15) is 9.90 Å². The van der Waals surface area contributed by atoms with Crippen molar-refractivity contribution in [2.45, 2.75) is 32.8 Å². The van der Waals surface area contributed by atoms with Gasteiger partial charge in [0.15, 0.2) is 28.8 Å². The van der Waals surface area contributed by atoms with Crippen LogP contribution in [0, 0.1) is 0 Å². The molecule has 0 spiro atoms. The largest absolute Gasteiger partial charge is 0.507 e. The standard InChI is InChI=1S/C30H34O7/c1-5-6-10-17-36-30-28(37-20-21-11-8-7-9-12-21)19-25(32)23(29(30)35-4)14-15-24(31)22-13-16-26(33-2)27(18-22)34-3/h7-9,11-16,18-19,32H,5-6,10,17,20H2,1-4H3. The molecule has 0 aliphatic rings. The molecular formula is C30H34O7. The number of hydrogen-bond acceptors (Lipinski definition) is 7. The summed E-state index contributed by atoms with van der Waals surface area (Å²) in [4.78, 5) is 12.9. The van der Waals surface area contributed by atoms with Crippen molar-refractivity contribution in [2.75, 3.05) is 27.9 Å². The third-order valence-electron chi connectivity index (χ3n) is 5.72. The lowest BCUT2D eigenvalue weighted by molar-refractivity contribution is 0.104. The summed E-state index contributed by atoms with van der Waals surface area (Å²) in [5.74, 6) is 1.62. The van der Waals surface area contributed by atoms with Crippen LogP contribution in [0.15, 0.2) is 60.7 Å². The summed E-state index contributed by atoms with van der Waals surface area (Å²) in [6.45, 7) is 2.87. The maximum Gasteiger partial charge on any atom is 0.204 e. The molecular weight excluding hydrogens is 472 g/mol. The number of carbonyl (C=O) groups is 1. The quantitative estimate of drug-likeness (QED) is 0.153. The molecule has 3 aromatic rings. The van der Waals surface area contributed by atoms with Crippen LogP contribution in [0.4, 0.5) is 0 Å². The summed E-state index contributed by atoms with van der Waals surface area (Å²) in [5.41, 5.74) is 1.70. The molecule has 0 bridgehead atoms. The number of hydrogen-bond donors (Lipinski definition) is 1. The topological polar surface area (TPSA) is 83.5 Å². The van der Waals surface area contributed by atoms with Gasteiger partial charge in [-0.3, -0.25) is 4.79 Å². The van der Waals surface area contributed by atoms with E-state index in [1.54, 1.807) is 18.2 Å². The SMILES string of the molecule is CCCCCOc1c(OCc2ccccc2)cc(O)c(C=CC(=O)c2ccc(OC)c(OC)c2)c1OC. The molecule has 0 aliphatic heterocycles. The molecule has 3 aromatic carbocycles. The van der Waals surface area contributed by atoms with Gasteiger partial charge in [0.25, 0.3) is 0 Å². The molecule has 3 rings (SSSR count). The van der Waals surface area contributed by atoms with Gasteiger partial charge < -0.3 is 28.8 Å².